The average Bonchev–Trinajstić information content (AvgIpc) is 2.82. The average molecular weight is 237 g/mol. The second-order valence-corrected chi connectivity index (χ2v) is 6.71. The summed E-state index contributed by atoms with van der Waals surface area (Å²) in [6.07, 6.45) is 14.7. The second kappa shape index (κ2) is 6.22. The van der Waals surface area contributed by atoms with E-state index in [4.69, 9.17) is 0 Å². The summed E-state index contributed by atoms with van der Waals surface area (Å²) in [6, 6.07) is 0.788. The molecule has 1 nitrogen and oxygen atoms in total. The highest BCUT2D eigenvalue weighted by Gasteiger charge is 2.36. The molecule has 1 atom stereocenters. The molecule has 0 aromatic heterocycles. The van der Waals surface area contributed by atoms with Crippen LogP contribution in [0.25, 0.3) is 0 Å². The quantitative estimate of drug-likeness (QED) is 0.741. The summed E-state index contributed by atoms with van der Waals surface area (Å²) in [5.74, 6) is 1.03. The van der Waals surface area contributed by atoms with E-state index in [0.717, 1.165) is 18.5 Å². The van der Waals surface area contributed by atoms with E-state index in [0.29, 0.717) is 5.41 Å². The Morgan fingerprint density at radius 1 is 1.06 bits per heavy atom. The molecule has 0 heterocycles. The molecule has 0 aliphatic heterocycles. The summed E-state index contributed by atoms with van der Waals surface area (Å²) in [5.41, 5.74) is 0.594. The topological polar surface area (TPSA) is 12.0 Å². The maximum absolute atomic E-state index is 3.82. The van der Waals surface area contributed by atoms with Crippen LogP contribution in [0.5, 0.6) is 0 Å². The molecule has 0 bridgehead atoms. The van der Waals surface area contributed by atoms with Gasteiger partial charge in [-0.2, -0.15) is 0 Å². The third-order valence-corrected chi connectivity index (χ3v) is 5.33. The summed E-state index contributed by atoms with van der Waals surface area (Å²) < 4.78 is 0. The summed E-state index contributed by atoms with van der Waals surface area (Å²) in [6.45, 7) is 5.97. The number of hydrogen-bond donors (Lipinski definition) is 1. The van der Waals surface area contributed by atoms with Gasteiger partial charge in [-0.1, -0.05) is 58.8 Å². The molecular weight excluding hydrogens is 206 g/mol. The molecule has 0 aromatic rings. The third kappa shape index (κ3) is 3.47. The molecular formula is C16H31N. The fourth-order valence-electron chi connectivity index (χ4n) is 4.15. The van der Waals surface area contributed by atoms with Gasteiger partial charge in [0.1, 0.15) is 0 Å². The van der Waals surface area contributed by atoms with Gasteiger partial charge in [0.05, 0.1) is 0 Å². The Bertz CT molecular complexity index is 212. The Morgan fingerprint density at radius 3 is 2.29 bits per heavy atom. The zero-order valence-electron chi connectivity index (χ0n) is 11.9. The molecule has 100 valence electrons. The minimum Gasteiger partial charge on any atom is -0.314 e. The van der Waals surface area contributed by atoms with Crippen LogP contribution in [0.1, 0.15) is 78.1 Å². The van der Waals surface area contributed by atoms with Gasteiger partial charge in [-0.25, -0.2) is 0 Å². The smallest absolute Gasteiger partial charge is 0.0123 e. The van der Waals surface area contributed by atoms with Gasteiger partial charge in [-0.15, -0.1) is 0 Å². The predicted molar refractivity (Wildman–Crippen MR) is 75.2 cm³/mol. The lowest BCUT2D eigenvalue weighted by Gasteiger charge is -2.42. The second-order valence-electron chi connectivity index (χ2n) is 6.71. The fourth-order valence-corrected chi connectivity index (χ4v) is 4.15. The van der Waals surface area contributed by atoms with Gasteiger partial charge in [-0.05, 0) is 37.1 Å². The van der Waals surface area contributed by atoms with Gasteiger partial charge >= 0.3 is 0 Å². The van der Waals surface area contributed by atoms with Gasteiger partial charge < -0.3 is 5.32 Å². The van der Waals surface area contributed by atoms with Crippen LogP contribution < -0.4 is 5.32 Å². The third-order valence-electron chi connectivity index (χ3n) is 5.33. The normalized spacial score (nSPS) is 27.2. The molecule has 2 aliphatic carbocycles. The van der Waals surface area contributed by atoms with Gasteiger partial charge in [0, 0.05) is 6.04 Å². The molecule has 1 N–H and O–H groups in total. The monoisotopic (exact) mass is 237 g/mol. The Hall–Kier alpha value is -0.0400. The molecule has 0 aromatic carbocycles. The van der Waals surface area contributed by atoms with Crippen LogP contribution in [0.4, 0.5) is 0 Å². The van der Waals surface area contributed by atoms with Crippen molar-refractivity contribution in [2.75, 3.05) is 6.54 Å². The highest BCUT2D eigenvalue weighted by Crippen LogP contribution is 2.42. The maximum Gasteiger partial charge on any atom is 0.0123 e. The zero-order valence-corrected chi connectivity index (χ0v) is 11.9. The van der Waals surface area contributed by atoms with Crippen LogP contribution >= 0.6 is 0 Å². The zero-order chi connectivity index (χ0) is 12.1. The van der Waals surface area contributed by atoms with Crippen LogP contribution in [-0.4, -0.2) is 12.6 Å². The van der Waals surface area contributed by atoms with Gasteiger partial charge in [0.2, 0.25) is 0 Å². The van der Waals surface area contributed by atoms with Crippen molar-refractivity contribution >= 4 is 0 Å². The first-order valence-corrected chi connectivity index (χ1v) is 7.98. The molecule has 0 spiro atoms. The van der Waals surface area contributed by atoms with E-state index in [1.165, 1.54) is 64.2 Å². The van der Waals surface area contributed by atoms with Crippen LogP contribution in [0.3, 0.4) is 0 Å². The fraction of sp³-hybridized carbons (Fsp3) is 1.00. The highest BCUT2D eigenvalue weighted by atomic mass is 14.9. The predicted octanol–water partition coefficient (Wildman–Crippen LogP) is 4.52. The Balaban J connectivity index is 1.93. The van der Waals surface area contributed by atoms with E-state index in [9.17, 15) is 0 Å². The first-order valence-electron chi connectivity index (χ1n) is 7.98. The van der Waals surface area contributed by atoms with Crippen LogP contribution in [0.15, 0.2) is 0 Å². The SMILES string of the molecule is CCNC(CC1CCCC1)C1(C)CCCCC1. The molecule has 0 radical (unpaired) electrons. The van der Waals surface area contributed by atoms with Crippen molar-refractivity contribution in [2.24, 2.45) is 11.3 Å². The summed E-state index contributed by atoms with van der Waals surface area (Å²) in [4.78, 5) is 0. The Labute approximate surface area is 108 Å². The molecule has 17 heavy (non-hydrogen) atoms. The molecule has 2 aliphatic rings. The minimum absolute atomic E-state index is 0.594. The largest absolute Gasteiger partial charge is 0.314 e. The number of nitrogens with one attached hydrogen (secondary N) is 1. The molecule has 0 saturated heterocycles. The highest BCUT2D eigenvalue weighted by molar-refractivity contribution is 4.91. The molecule has 1 heteroatoms. The van der Waals surface area contributed by atoms with Crippen molar-refractivity contribution in [1.29, 1.82) is 0 Å². The van der Waals surface area contributed by atoms with E-state index < -0.39 is 0 Å². The standard InChI is InChI=1S/C16H31N/c1-3-17-15(13-14-9-5-6-10-14)16(2)11-7-4-8-12-16/h14-15,17H,3-13H2,1-2H3. The van der Waals surface area contributed by atoms with E-state index >= 15 is 0 Å². The molecule has 2 fully saturated rings. The van der Waals surface area contributed by atoms with Gasteiger partial charge in [0.15, 0.2) is 0 Å². The lowest BCUT2D eigenvalue weighted by molar-refractivity contribution is 0.126. The van der Waals surface area contributed by atoms with Crippen molar-refractivity contribution in [3.05, 3.63) is 0 Å². The lowest BCUT2D eigenvalue weighted by Crippen LogP contribution is -2.45. The molecule has 1 unspecified atom stereocenters. The molecule has 2 rings (SSSR count). The Morgan fingerprint density at radius 2 is 1.71 bits per heavy atom. The first kappa shape index (κ1) is 13.4. The molecule has 2 saturated carbocycles. The first-order chi connectivity index (χ1) is 8.24. The van der Waals surface area contributed by atoms with E-state index in [1.807, 2.05) is 0 Å². The van der Waals surface area contributed by atoms with Crippen LogP contribution in [0, 0.1) is 11.3 Å². The minimum atomic E-state index is 0.594. The van der Waals surface area contributed by atoms with Crippen molar-refractivity contribution in [3.63, 3.8) is 0 Å². The van der Waals surface area contributed by atoms with E-state index in [2.05, 4.69) is 19.2 Å². The van der Waals surface area contributed by atoms with Crippen molar-refractivity contribution in [3.8, 4) is 0 Å². The van der Waals surface area contributed by atoms with Crippen LogP contribution in [0.2, 0.25) is 0 Å². The van der Waals surface area contributed by atoms with Crippen molar-refractivity contribution in [2.45, 2.75) is 84.1 Å². The lowest BCUT2D eigenvalue weighted by atomic mass is 9.68. The van der Waals surface area contributed by atoms with Crippen molar-refractivity contribution in [1.82, 2.24) is 5.32 Å². The number of rotatable bonds is 5. The van der Waals surface area contributed by atoms with Gasteiger partial charge in [-0.3, -0.25) is 0 Å². The van der Waals surface area contributed by atoms with E-state index in [-0.39, 0.29) is 0 Å². The number of hydrogen-bond acceptors (Lipinski definition) is 1. The summed E-state index contributed by atoms with van der Waals surface area (Å²) in [5, 5.41) is 3.82. The summed E-state index contributed by atoms with van der Waals surface area (Å²) in [7, 11) is 0. The van der Waals surface area contributed by atoms with Crippen LogP contribution in [-0.2, 0) is 0 Å². The van der Waals surface area contributed by atoms with Gasteiger partial charge in [0.25, 0.3) is 0 Å². The molecule has 0 amide bonds. The van der Waals surface area contributed by atoms with E-state index in [1.54, 1.807) is 0 Å². The summed E-state index contributed by atoms with van der Waals surface area (Å²) >= 11 is 0. The maximum atomic E-state index is 3.82. The van der Waals surface area contributed by atoms with Crippen molar-refractivity contribution < 1.29 is 0 Å². The Kier molecular flexibility index (Phi) is 4.90.